The molecule has 0 spiro atoms. The van der Waals surface area contributed by atoms with Crippen molar-refractivity contribution in [3.63, 3.8) is 0 Å². The van der Waals surface area contributed by atoms with Gasteiger partial charge in [0.1, 0.15) is 0 Å². The zero-order valence-electron chi connectivity index (χ0n) is 7.18. The highest BCUT2D eigenvalue weighted by atomic mass is 16.1. The van der Waals surface area contributed by atoms with E-state index < -0.39 is 0 Å². The number of hydrogen-bond donors (Lipinski definition) is 1. The van der Waals surface area contributed by atoms with Crippen molar-refractivity contribution >= 4 is 5.91 Å². The molecule has 0 aromatic carbocycles. The van der Waals surface area contributed by atoms with Crippen molar-refractivity contribution in [3.8, 4) is 0 Å². The largest absolute Gasteiger partial charge is 0.353 e. The maximum absolute atomic E-state index is 11.0. The van der Waals surface area contributed by atoms with Gasteiger partial charge in [-0.2, -0.15) is 0 Å². The van der Waals surface area contributed by atoms with Gasteiger partial charge in [-0.1, -0.05) is 5.57 Å². The number of nitrogens with one attached hydrogen (secondary N) is 1. The molecule has 1 fully saturated rings. The summed E-state index contributed by atoms with van der Waals surface area (Å²) in [5.74, 6) is 0.759. The summed E-state index contributed by atoms with van der Waals surface area (Å²) in [6, 6.07) is 0. The molecule has 0 aromatic heterocycles. The first-order valence-electron chi connectivity index (χ1n) is 4.20. The summed E-state index contributed by atoms with van der Waals surface area (Å²) >= 11 is 0. The predicted octanol–water partition coefficient (Wildman–Crippen LogP) is 1.48. The molecule has 0 bridgehead atoms. The van der Waals surface area contributed by atoms with Crippen molar-refractivity contribution < 1.29 is 4.79 Å². The summed E-state index contributed by atoms with van der Waals surface area (Å²) in [5, 5.41) is 2.74. The molecule has 0 radical (unpaired) electrons. The molecular weight excluding hydrogens is 138 g/mol. The summed E-state index contributed by atoms with van der Waals surface area (Å²) in [6.45, 7) is 4.68. The molecule has 1 amide bonds. The van der Waals surface area contributed by atoms with E-state index in [9.17, 15) is 4.79 Å². The van der Waals surface area contributed by atoms with Gasteiger partial charge in [-0.05, 0) is 32.6 Å². The van der Waals surface area contributed by atoms with E-state index in [1.54, 1.807) is 6.08 Å². The van der Waals surface area contributed by atoms with Gasteiger partial charge in [0.15, 0.2) is 0 Å². The molecule has 62 valence electrons. The lowest BCUT2D eigenvalue weighted by molar-refractivity contribution is -0.116. The van der Waals surface area contributed by atoms with E-state index in [-0.39, 0.29) is 5.91 Å². The Morgan fingerprint density at radius 3 is 2.73 bits per heavy atom. The number of hydrogen-bond acceptors (Lipinski definition) is 1. The van der Waals surface area contributed by atoms with Gasteiger partial charge in [-0.25, -0.2) is 0 Å². The number of carbonyl (C=O) groups is 1. The van der Waals surface area contributed by atoms with Crippen LogP contribution in [0.15, 0.2) is 11.6 Å². The molecule has 11 heavy (non-hydrogen) atoms. The highest BCUT2D eigenvalue weighted by Crippen LogP contribution is 2.35. The fraction of sp³-hybridized carbons (Fsp3) is 0.667. The normalized spacial score (nSPS) is 18.2. The molecule has 1 rings (SSSR count). The Labute approximate surface area is 67.7 Å². The number of rotatable bonds is 3. The topological polar surface area (TPSA) is 29.1 Å². The SMILES string of the molecule is CCNC(=O)C=C(C)C1CC1. The van der Waals surface area contributed by atoms with E-state index >= 15 is 0 Å². The number of allylic oxidation sites excluding steroid dienone is 1. The van der Waals surface area contributed by atoms with Gasteiger partial charge in [0.05, 0.1) is 0 Å². The monoisotopic (exact) mass is 153 g/mol. The molecule has 0 aromatic rings. The van der Waals surface area contributed by atoms with Crippen LogP contribution in [-0.4, -0.2) is 12.5 Å². The van der Waals surface area contributed by atoms with Crippen LogP contribution in [0.25, 0.3) is 0 Å². The first-order chi connectivity index (χ1) is 5.24. The number of carbonyl (C=O) groups excluding carboxylic acids is 1. The van der Waals surface area contributed by atoms with Crippen LogP contribution in [0.2, 0.25) is 0 Å². The third-order valence-corrected chi connectivity index (χ3v) is 1.93. The van der Waals surface area contributed by atoms with E-state index in [2.05, 4.69) is 5.32 Å². The van der Waals surface area contributed by atoms with E-state index in [0.29, 0.717) is 12.5 Å². The second-order valence-electron chi connectivity index (χ2n) is 3.06. The smallest absolute Gasteiger partial charge is 0.243 e. The second-order valence-corrected chi connectivity index (χ2v) is 3.06. The molecule has 0 saturated heterocycles. The van der Waals surface area contributed by atoms with Crippen LogP contribution in [-0.2, 0) is 4.79 Å². The Hall–Kier alpha value is -0.790. The summed E-state index contributed by atoms with van der Waals surface area (Å²) < 4.78 is 0. The molecule has 2 heteroatoms. The lowest BCUT2D eigenvalue weighted by Crippen LogP contribution is -2.20. The Morgan fingerprint density at radius 2 is 2.27 bits per heavy atom. The van der Waals surface area contributed by atoms with Crippen LogP contribution in [0.5, 0.6) is 0 Å². The second kappa shape index (κ2) is 3.56. The molecule has 0 unspecified atom stereocenters. The molecular formula is C9H15NO. The van der Waals surface area contributed by atoms with Gasteiger partial charge >= 0.3 is 0 Å². The minimum Gasteiger partial charge on any atom is -0.353 e. The van der Waals surface area contributed by atoms with Crippen LogP contribution in [0.4, 0.5) is 0 Å². The van der Waals surface area contributed by atoms with Crippen LogP contribution in [0.3, 0.4) is 0 Å². The van der Waals surface area contributed by atoms with Gasteiger partial charge in [-0.3, -0.25) is 4.79 Å². The third kappa shape index (κ3) is 2.74. The molecule has 1 aliphatic carbocycles. The first-order valence-corrected chi connectivity index (χ1v) is 4.20. The van der Waals surface area contributed by atoms with Gasteiger partial charge in [0.2, 0.25) is 5.91 Å². The minimum absolute atomic E-state index is 0.0527. The van der Waals surface area contributed by atoms with E-state index in [4.69, 9.17) is 0 Å². The maximum Gasteiger partial charge on any atom is 0.243 e. The Balaban J connectivity index is 2.35. The fourth-order valence-electron chi connectivity index (χ4n) is 1.09. The van der Waals surface area contributed by atoms with E-state index in [0.717, 1.165) is 0 Å². The number of likely N-dealkylation sites (N-methyl/N-ethyl adjacent to an activating group) is 1. The Kier molecular flexibility index (Phi) is 2.69. The summed E-state index contributed by atoms with van der Waals surface area (Å²) in [5.41, 5.74) is 1.23. The summed E-state index contributed by atoms with van der Waals surface area (Å²) in [6.07, 6.45) is 4.25. The fourth-order valence-corrected chi connectivity index (χ4v) is 1.09. The number of amides is 1. The molecule has 0 heterocycles. The lowest BCUT2D eigenvalue weighted by Gasteiger charge is -1.97. The average Bonchev–Trinajstić information content (AvgIpc) is 2.67. The molecule has 1 saturated carbocycles. The van der Waals surface area contributed by atoms with Crippen molar-refractivity contribution in [2.75, 3.05) is 6.54 Å². The van der Waals surface area contributed by atoms with Crippen molar-refractivity contribution in [1.82, 2.24) is 5.32 Å². The molecule has 2 nitrogen and oxygen atoms in total. The van der Waals surface area contributed by atoms with Crippen molar-refractivity contribution in [3.05, 3.63) is 11.6 Å². The highest BCUT2D eigenvalue weighted by molar-refractivity contribution is 5.88. The van der Waals surface area contributed by atoms with Crippen LogP contribution < -0.4 is 5.32 Å². The maximum atomic E-state index is 11.0. The molecule has 0 atom stereocenters. The predicted molar refractivity (Wildman–Crippen MR) is 45.2 cm³/mol. The van der Waals surface area contributed by atoms with Gasteiger partial charge in [0.25, 0.3) is 0 Å². The highest BCUT2D eigenvalue weighted by Gasteiger charge is 2.23. The Morgan fingerprint density at radius 1 is 1.64 bits per heavy atom. The van der Waals surface area contributed by atoms with Crippen molar-refractivity contribution in [2.45, 2.75) is 26.7 Å². The summed E-state index contributed by atoms with van der Waals surface area (Å²) in [7, 11) is 0. The molecule has 0 aliphatic heterocycles. The van der Waals surface area contributed by atoms with Crippen LogP contribution in [0.1, 0.15) is 26.7 Å². The van der Waals surface area contributed by atoms with Gasteiger partial charge < -0.3 is 5.32 Å². The first kappa shape index (κ1) is 8.31. The van der Waals surface area contributed by atoms with Gasteiger partial charge in [-0.15, -0.1) is 0 Å². The average molecular weight is 153 g/mol. The van der Waals surface area contributed by atoms with Crippen molar-refractivity contribution in [1.29, 1.82) is 0 Å². The molecule has 1 N–H and O–H groups in total. The van der Waals surface area contributed by atoms with Crippen molar-refractivity contribution in [2.24, 2.45) is 5.92 Å². The zero-order valence-corrected chi connectivity index (χ0v) is 7.18. The quantitative estimate of drug-likeness (QED) is 0.611. The summed E-state index contributed by atoms with van der Waals surface area (Å²) in [4.78, 5) is 11.0. The minimum atomic E-state index is 0.0527. The van der Waals surface area contributed by atoms with Gasteiger partial charge in [0, 0.05) is 12.6 Å². The van der Waals surface area contributed by atoms with Crippen LogP contribution in [0, 0.1) is 5.92 Å². The van der Waals surface area contributed by atoms with E-state index in [1.807, 2.05) is 13.8 Å². The molecule has 1 aliphatic rings. The van der Waals surface area contributed by atoms with E-state index in [1.165, 1.54) is 18.4 Å². The Bertz CT molecular complexity index is 180. The third-order valence-electron chi connectivity index (χ3n) is 1.93. The zero-order chi connectivity index (χ0) is 8.27. The standard InChI is InChI=1S/C9H15NO/c1-3-10-9(11)6-7(2)8-4-5-8/h6,8H,3-5H2,1-2H3,(H,10,11). The van der Waals surface area contributed by atoms with Crippen LogP contribution >= 0.6 is 0 Å². The lowest BCUT2D eigenvalue weighted by atomic mass is 10.2.